The standard InChI is InChI=1S/C20H30N2OS/c1-5-6-7-15(3)18(21)11-8-14(2)16(4)24-20-13-10-17(23)9-12-19(20)22/h8-9,11-13,16,23H,3,5-7,10,21-22H2,1-2,4H3/b14-8+,18-11+. The molecular weight excluding hydrogens is 316 g/mol. The number of allylic oxidation sites excluding steroid dienone is 6. The summed E-state index contributed by atoms with van der Waals surface area (Å²) in [5, 5.41) is 9.85. The molecule has 132 valence electrons. The van der Waals surface area contributed by atoms with Crippen LogP contribution < -0.4 is 11.5 Å². The van der Waals surface area contributed by atoms with Gasteiger partial charge >= 0.3 is 0 Å². The molecule has 0 radical (unpaired) electrons. The minimum absolute atomic E-state index is 0.261. The molecule has 4 heteroatoms. The van der Waals surface area contributed by atoms with E-state index in [4.69, 9.17) is 11.5 Å². The van der Waals surface area contributed by atoms with E-state index in [2.05, 4.69) is 33.4 Å². The van der Waals surface area contributed by atoms with Crippen molar-refractivity contribution in [2.75, 3.05) is 0 Å². The van der Waals surface area contributed by atoms with Crippen molar-refractivity contribution in [3.8, 4) is 0 Å². The number of hydrogen-bond acceptors (Lipinski definition) is 4. The van der Waals surface area contributed by atoms with Gasteiger partial charge in [0, 0.05) is 28.0 Å². The normalized spacial score (nSPS) is 17.5. The van der Waals surface area contributed by atoms with E-state index >= 15 is 0 Å². The van der Waals surface area contributed by atoms with Crippen LogP contribution in [0, 0.1) is 0 Å². The zero-order valence-electron chi connectivity index (χ0n) is 15.0. The number of rotatable bonds is 8. The zero-order chi connectivity index (χ0) is 18.1. The van der Waals surface area contributed by atoms with Crippen molar-refractivity contribution in [2.45, 2.75) is 51.7 Å². The number of aliphatic hydroxyl groups is 1. The first kappa shape index (κ1) is 20.2. The van der Waals surface area contributed by atoms with Crippen LogP contribution in [0.25, 0.3) is 0 Å². The van der Waals surface area contributed by atoms with Crippen molar-refractivity contribution in [3.05, 3.63) is 70.2 Å². The molecule has 1 atom stereocenters. The van der Waals surface area contributed by atoms with Gasteiger partial charge in [-0.05, 0) is 50.5 Å². The monoisotopic (exact) mass is 346 g/mol. The lowest BCUT2D eigenvalue weighted by Crippen LogP contribution is -2.05. The average Bonchev–Trinajstić information content (AvgIpc) is 2.72. The van der Waals surface area contributed by atoms with E-state index in [1.165, 1.54) is 5.57 Å². The van der Waals surface area contributed by atoms with Gasteiger partial charge in [0.2, 0.25) is 0 Å². The van der Waals surface area contributed by atoms with Gasteiger partial charge in [0.1, 0.15) is 0 Å². The molecule has 0 spiro atoms. The fourth-order valence-corrected chi connectivity index (χ4v) is 3.09. The number of thioether (sulfide) groups is 1. The fraction of sp³-hybridized carbons (Fsp3) is 0.400. The van der Waals surface area contributed by atoms with Gasteiger partial charge in [-0.15, -0.1) is 11.8 Å². The van der Waals surface area contributed by atoms with E-state index in [9.17, 15) is 5.11 Å². The predicted molar refractivity (Wildman–Crippen MR) is 107 cm³/mol. The third-order valence-corrected chi connectivity index (χ3v) is 5.33. The second-order valence-electron chi connectivity index (χ2n) is 6.05. The Bertz CT molecular complexity index is 609. The molecule has 0 heterocycles. The Hall–Kier alpha value is -1.81. The summed E-state index contributed by atoms with van der Waals surface area (Å²) in [7, 11) is 0. The smallest absolute Gasteiger partial charge is 0.0961 e. The molecule has 3 nitrogen and oxygen atoms in total. The van der Waals surface area contributed by atoms with Crippen molar-refractivity contribution >= 4 is 11.8 Å². The molecule has 0 amide bonds. The first-order valence-corrected chi connectivity index (χ1v) is 9.27. The number of hydrogen-bond donors (Lipinski definition) is 3. The van der Waals surface area contributed by atoms with Gasteiger partial charge in [0.25, 0.3) is 0 Å². The first-order chi connectivity index (χ1) is 11.3. The van der Waals surface area contributed by atoms with E-state index in [0.29, 0.717) is 17.9 Å². The highest BCUT2D eigenvalue weighted by Gasteiger charge is 2.12. The highest BCUT2D eigenvalue weighted by atomic mass is 32.2. The number of unbranched alkanes of at least 4 members (excludes halogenated alkanes) is 1. The van der Waals surface area contributed by atoms with E-state index in [1.807, 2.05) is 12.2 Å². The van der Waals surface area contributed by atoms with Crippen LogP contribution in [0.3, 0.4) is 0 Å². The van der Waals surface area contributed by atoms with Crippen LogP contribution in [-0.4, -0.2) is 10.4 Å². The molecule has 0 saturated heterocycles. The summed E-state index contributed by atoms with van der Waals surface area (Å²) in [6, 6.07) is 0. The molecule has 1 aliphatic rings. The van der Waals surface area contributed by atoms with Crippen LogP contribution in [0.5, 0.6) is 0 Å². The van der Waals surface area contributed by atoms with Gasteiger partial charge in [-0.25, -0.2) is 0 Å². The van der Waals surface area contributed by atoms with Crippen molar-refractivity contribution < 1.29 is 5.11 Å². The molecule has 0 bridgehead atoms. The molecule has 5 N–H and O–H groups in total. The van der Waals surface area contributed by atoms with Crippen molar-refractivity contribution in [1.82, 2.24) is 0 Å². The summed E-state index contributed by atoms with van der Waals surface area (Å²) < 4.78 is 0. The third kappa shape index (κ3) is 6.75. The molecule has 0 saturated carbocycles. The molecule has 24 heavy (non-hydrogen) atoms. The summed E-state index contributed by atoms with van der Waals surface area (Å²) >= 11 is 1.69. The van der Waals surface area contributed by atoms with Crippen LogP contribution >= 0.6 is 11.8 Å². The quantitative estimate of drug-likeness (QED) is 0.527. The molecule has 1 aliphatic carbocycles. The van der Waals surface area contributed by atoms with Crippen molar-refractivity contribution in [2.24, 2.45) is 11.5 Å². The van der Waals surface area contributed by atoms with Crippen molar-refractivity contribution in [3.63, 3.8) is 0 Å². The fourth-order valence-electron chi connectivity index (χ4n) is 2.06. The molecule has 0 aromatic heterocycles. The topological polar surface area (TPSA) is 72.3 Å². The third-order valence-electron chi connectivity index (χ3n) is 3.95. The summed E-state index contributed by atoms with van der Waals surface area (Å²) in [6.07, 6.45) is 13.1. The lowest BCUT2D eigenvalue weighted by molar-refractivity contribution is 0.402. The van der Waals surface area contributed by atoms with Gasteiger partial charge in [0.05, 0.1) is 5.76 Å². The Morgan fingerprint density at radius 1 is 1.42 bits per heavy atom. The number of aliphatic hydroxyl groups excluding tert-OH is 1. The summed E-state index contributed by atoms with van der Waals surface area (Å²) in [6.45, 7) is 10.4. The Morgan fingerprint density at radius 2 is 2.12 bits per heavy atom. The maximum atomic E-state index is 9.59. The van der Waals surface area contributed by atoms with Crippen molar-refractivity contribution in [1.29, 1.82) is 0 Å². The Balaban J connectivity index is 2.70. The summed E-state index contributed by atoms with van der Waals surface area (Å²) in [5.74, 6) is 0.328. The van der Waals surface area contributed by atoms with Gasteiger partial charge < -0.3 is 16.6 Å². The molecule has 0 aromatic carbocycles. The molecule has 1 rings (SSSR count). The van der Waals surface area contributed by atoms with Crippen LogP contribution in [0.4, 0.5) is 0 Å². The van der Waals surface area contributed by atoms with E-state index < -0.39 is 0 Å². The molecule has 0 fully saturated rings. The predicted octanol–water partition coefficient (Wildman–Crippen LogP) is 5.22. The highest BCUT2D eigenvalue weighted by Crippen LogP contribution is 2.31. The van der Waals surface area contributed by atoms with Crippen LogP contribution in [0.1, 0.15) is 46.5 Å². The largest absolute Gasteiger partial charge is 0.512 e. The molecule has 0 aliphatic heterocycles. The van der Waals surface area contributed by atoms with Gasteiger partial charge in [0.15, 0.2) is 0 Å². The Kier molecular flexibility index (Phi) is 8.55. The van der Waals surface area contributed by atoms with E-state index in [-0.39, 0.29) is 5.25 Å². The van der Waals surface area contributed by atoms with Gasteiger partial charge in [-0.1, -0.05) is 37.6 Å². The molecule has 0 aromatic rings. The van der Waals surface area contributed by atoms with E-state index in [1.54, 1.807) is 23.9 Å². The second-order valence-corrected chi connectivity index (χ2v) is 7.44. The maximum absolute atomic E-state index is 9.59. The minimum atomic E-state index is 0.261. The summed E-state index contributed by atoms with van der Waals surface area (Å²) in [4.78, 5) is 1.000. The molecular formula is C20H30N2OS. The second kappa shape index (κ2) is 10.1. The first-order valence-electron chi connectivity index (χ1n) is 8.39. The average molecular weight is 347 g/mol. The van der Waals surface area contributed by atoms with Crippen LogP contribution in [0.15, 0.2) is 70.2 Å². The maximum Gasteiger partial charge on any atom is 0.0961 e. The van der Waals surface area contributed by atoms with Crippen LogP contribution in [0.2, 0.25) is 0 Å². The van der Waals surface area contributed by atoms with Gasteiger partial charge in [-0.2, -0.15) is 0 Å². The molecule has 1 unspecified atom stereocenters. The van der Waals surface area contributed by atoms with Gasteiger partial charge in [-0.3, -0.25) is 0 Å². The minimum Gasteiger partial charge on any atom is -0.512 e. The van der Waals surface area contributed by atoms with E-state index in [0.717, 1.165) is 35.4 Å². The SMILES string of the molecule is C=C(CCCC)/C(N)=C\C=C(/C)C(C)SC1=CCC(O)=CC=C1N. The zero-order valence-corrected chi connectivity index (χ0v) is 15.8. The lowest BCUT2D eigenvalue weighted by atomic mass is 10.1. The summed E-state index contributed by atoms with van der Waals surface area (Å²) in [5.41, 5.74) is 15.8. The Morgan fingerprint density at radius 3 is 2.79 bits per heavy atom. The lowest BCUT2D eigenvalue weighted by Gasteiger charge is -2.14. The Labute approximate surface area is 150 Å². The van der Waals surface area contributed by atoms with Crippen LogP contribution in [-0.2, 0) is 0 Å². The highest BCUT2D eigenvalue weighted by molar-refractivity contribution is 8.04. The number of nitrogens with two attached hydrogens (primary N) is 2.